The molecule has 1 fully saturated rings. The second kappa shape index (κ2) is 9.94. The van der Waals surface area contributed by atoms with Gasteiger partial charge in [0.15, 0.2) is 0 Å². The Morgan fingerprint density at radius 2 is 1.64 bits per heavy atom. The molecule has 2 aromatic rings. The lowest BCUT2D eigenvalue weighted by Gasteiger charge is -2.23. The number of halogens is 1. The number of ether oxygens (including phenoxy) is 1. The van der Waals surface area contributed by atoms with Gasteiger partial charge in [-0.1, -0.05) is 45.0 Å². The van der Waals surface area contributed by atoms with Crippen LogP contribution in [-0.2, 0) is 12.0 Å². The van der Waals surface area contributed by atoms with Gasteiger partial charge < -0.3 is 15.4 Å². The van der Waals surface area contributed by atoms with E-state index < -0.39 is 0 Å². The molecule has 28 heavy (non-hydrogen) atoms. The normalized spacial score (nSPS) is 14.8. The van der Waals surface area contributed by atoms with Gasteiger partial charge in [0, 0.05) is 11.6 Å². The highest BCUT2D eigenvalue weighted by atomic mass is 35.5. The van der Waals surface area contributed by atoms with Crippen LogP contribution in [0.4, 0.5) is 0 Å². The SMILES string of the molecule is CC(C)(C)c1ccc(OCc2ccc(C(=O)NC3CCNCC3)cc2)cc1.Cl. The van der Waals surface area contributed by atoms with E-state index in [0.29, 0.717) is 12.2 Å². The average molecular weight is 403 g/mol. The quantitative estimate of drug-likeness (QED) is 0.775. The summed E-state index contributed by atoms with van der Waals surface area (Å²) in [7, 11) is 0. The largest absolute Gasteiger partial charge is 0.489 e. The molecule has 1 saturated heterocycles. The molecule has 1 aliphatic rings. The molecule has 0 atom stereocenters. The topological polar surface area (TPSA) is 50.4 Å². The molecule has 3 rings (SSSR count). The second-order valence-electron chi connectivity index (χ2n) is 8.26. The van der Waals surface area contributed by atoms with Crippen LogP contribution in [0.3, 0.4) is 0 Å². The molecule has 0 saturated carbocycles. The standard InChI is InChI=1S/C23H30N2O2.ClH/c1-23(2,3)19-8-10-21(11-9-19)27-16-17-4-6-18(7-5-17)22(26)25-20-12-14-24-15-13-20;/h4-11,20,24H,12-16H2,1-3H3,(H,25,26);1H. The molecule has 0 aromatic heterocycles. The van der Waals surface area contributed by atoms with Gasteiger partial charge in [0.05, 0.1) is 0 Å². The van der Waals surface area contributed by atoms with E-state index in [1.165, 1.54) is 5.56 Å². The van der Waals surface area contributed by atoms with Crippen LogP contribution in [0, 0.1) is 0 Å². The first-order valence-electron chi connectivity index (χ1n) is 9.76. The second-order valence-corrected chi connectivity index (χ2v) is 8.26. The van der Waals surface area contributed by atoms with E-state index >= 15 is 0 Å². The molecule has 0 radical (unpaired) electrons. The van der Waals surface area contributed by atoms with Gasteiger partial charge in [-0.05, 0) is 66.7 Å². The Labute approximate surface area is 174 Å². The number of hydrogen-bond acceptors (Lipinski definition) is 3. The van der Waals surface area contributed by atoms with E-state index in [1.54, 1.807) is 0 Å². The maximum absolute atomic E-state index is 12.4. The first-order valence-corrected chi connectivity index (χ1v) is 9.76. The van der Waals surface area contributed by atoms with Crippen molar-refractivity contribution in [3.05, 3.63) is 65.2 Å². The van der Waals surface area contributed by atoms with E-state index in [9.17, 15) is 4.79 Å². The summed E-state index contributed by atoms with van der Waals surface area (Å²) in [6.07, 6.45) is 1.98. The molecular weight excluding hydrogens is 372 g/mol. The van der Waals surface area contributed by atoms with Gasteiger partial charge >= 0.3 is 0 Å². The third kappa shape index (κ3) is 6.25. The molecule has 0 spiro atoms. The Morgan fingerprint density at radius 1 is 1.04 bits per heavy atom. The summed E-state index contributed by atoms with van der Waals surface area (Å²) in [4.78, 5) is 12.4. The Kier molecular flexibility index (Phi) is 7.90. The predicted molar refractivity (Wildman–Crippen MR) is 117 cm³/mol. The van der Waals surface area contributed by atoms with Crippen LogP contribution in [0.15, 0.2) is 48.5 Å². The maximum Gasteiger partial charge on any atom is 0.251 e. The zero-order chi connectivity index (χ0) is 19.3. The van der Waals surface area contributed by atoms with Gasteiger partial charge in [-0.2, -0.15) is 0 Å². The van der Waals surface area contributed by atoms with Crippen molar-refractivity contribution >= 4 is 18.3 Å². The van der Waals surface area contributed by atoms with Crippen molar-refractivity contribution in [2.45, 2.75) is 51.7 Å². The number of benzene rings is 2. The molecule has 1 aliphatic heterocycles. The van der Waals surface area contributed by atoms with Crippen molar-refractivity contribution in [3.8, 4) is 5.75 Å². The molecular formula is C23H31ClN2O2. The predicted octanol–water partition coefficient (Wildman–Crippen LogP) is 4.47. The minimum Gasteiger partial charge on any atom is -0.489 e. The lowest BCUT2D eigenvalue weighted by Crippen LogP contribution is -2.42. The number of carbonyl (C=O) groups excluding carboxylic acids is 1. The third-order valence-electron chi connectivity index (χ3n) is 5.02. The Morgan fingerprint density at radius 3 is 2.21 bits per heavy atom. The van der Waals surface area contributed by atoms with Gasteiger partial charge in [-0.3, -0.25) is 4.79 Å². The summed E-state index contributed by atoms with van der Waals surface area (Å²) in [5.41, 5.74) is 3.18. The fourth-order valence-corrected chi connectivity index (χ4v) is 3.21. The van der Waals surface area contributed by atoms with Crippen LogP contribution in [0.1, 0.15) is 55.1 Å². The molecule has 2 aromatic carbocycles. The minimum absolute atomic E-state index is 0. The van der Waals surface area contributed by atoms with Gasteiger partial charge in [0.2, 0.25) is 0 Å². The van der Waals surface area contributed by atoms with E-state index in [0.717, 1.165) is 37.2 Å². The Balaban J connectivity index is 0.00000280. The highest BCUT2D eigenvalue weighted by Gasteiger charge is 2.16. The van der Waals surface area contributed by atoms with Crippen molar-refractivity contribution in [1.82, 2.24) is 10.6 Å². The van der Waals surface area contributed by atoms with Crippen LogP contribution in [0.5, 0.6) is 5.75 Å². The molecule has 2 N–H and O–H groups in total. The van der Waals surface area contributed by atoms with Crippen molar-refractivity contribution < 1.29 is 9.53 Å². The van der Waals surface area contributed by atoms with E-state index in [1.807, 2.05) is 36.4 Å². The van der Waals surface area contributed by atoms with Gasteiger partial charge in [-0.25, -0.2) is 0 Å². The maximum atomic E-state index is 12.4. The third-order valence-corrected chi connectivity index (χ3v) is 5.02. The lowest BCUT2D eigenvalue weighted by molar-refractivity contribution is 0.0929. The fraction of sp³-hybridized carbons (Fsp3) is 0.435. The van der Waals surface area contributed by atoms with Crippen LogP contribution >= 0.6 is 12.4 Å². The summed E-state index contributed by atoms with van der Waals surface area (Å²) >= 11 is 0. The molecule has 1 amide bonds. The van der Waals surface area contributed by atoms with E-state index in [4.69, 9.17) is 4.74 Å². The van der Waals surface area contributed by atoms with Crippen LogP contribution < -0.4 is 15.4 Å². The van der Waals surface area contributed by atoms with Gasteiger partial charge in [0.1, 0.15) is 12.4 Å². The zero-order valence-electron chi connectivity index (χ0n) is 17.0. The number of carbonyl (C=O) groups is 1. The first kappa shape index (κ1) is 22.3. The van der Waals surface area contributed by atoms with Crippen molar-refractivity contribution in [3.63, 3.8) is 0 Å². The summed E-state index contributed by atoms with van der Waals surface area (Å²) in [6.45, 7) is 9.03. The summed E-state index contributed by atoms with van der Waals surface area (Å²) in [6, 6.07) is 16.2. The van der Waals surface area contributed by atoms with Crippen molar-refractivity contribution in [2.24, 2.45) is 0 Å². The van der Waals surface area contributed by atoms with Crippen LogP contribution in [0.2, 0.25) is 0 Å². The van der Waals surface area contributed by atoms with Crippen LogP contribution in [-0.4, -0.2) is 25.0 Å². The monoisotopic (exact) mass is 402 g/mol. The minimum atomic E-state index is 0. The highest BCUT2D eigenvalue weighted by Crippen LogP contribution is 2.24. The molecule has 1 heterocycles. The highest BCUT2D eigenvalue weighted by molar-refractivity contribution is 5.94. The Bertz CT molecular complexity index is 746. The molecule has 0 bridgehead atoms. The zero-order valence-corrected chi connectivity index (χ0v) is 17.8. The summed E-state index contributed by atoms with van der Waals surface area (Å²) in [5, 5.41) is 6.43. The first-order chi connectivity index (χ1) is 12.9. The number of nitrogens with one attached hydrogen (secondary N) is 2. The smallest absolute Gasteiger partial charge is 0.251 e. The van der Waals surface area contributed by atoms with Crippen LogP contribution in [0.25, 0.3) is 0 Å². The molecule has 152 valence electrons. The van der Waals surface area contributed by atoms with E-state index in [-0.39, 0.29) is 29.8 Å². The fourth-order valence-electron chi connectivity index (χ4n) is 3.21. The average Bonchev–Trinajstić information content (AvgIpc) is 2.67. The van der Waals surface area contributed by atoms with Gasteiger partial charge in [-0.15, -0.1) is 12.4 Å². The van der Waals surface area contributed by atoms with E-state index in [2.05, 4.69) is 43.5 Å². The number of rotatable bonds is 5. The number of hydrogen-bond donors (Lipinski definition) is 2. The molecule has 0 unspecified atom stereocenters. The van der Waals surface area contributed by atoms with Crippen molar-refractivity contribution in [2.75, 3.05) is 13.1 Å². The molecule has 0 aliphatic carbocycles. The summed E-state index contributed by atoms with van der Waals surface area (Å²) < 4.78 is 5.87. The van der Waals surface area contributed by atoms with Gasteiger partial charge in [0.25, 0.3) is 5.91 Å². The molecule has 4 nitrogen and oxygen atoms in total. The summed E-state index contributed by atoms with van der Waals surface area (Å²) in [5.74, 6) is 0.864. The number of amides is 1. The Hall–Kier alpha value is -2.04. The lowest BCUT2D eigenvalue weighted by atomic mass is 9.87. The molecule has 5 heteroatoms. The van der Waals surface area contributed by atoms with Crippen molar-refractivity contribution in [1.29, 1.82) is 0 Å². The number of piperidine rings is 1.